The van der Waals surface area contributed by atoms with Crippen LogP contribution in [0, 0.1) is 0 Å². The number of rotatable bonds is 4. The highest BCUT2D eigenvalue weighted by molar-refractivity contribution is 7.90. The zero-order valence-electron chi connectivity index (χ0n) is 16.2. The van der Waals surface area contributed by atoms with Gasteiger partial charge in [0.05, 0.1) is 16.8 Å². The minimum Gasteiger partial charge on any atom is -0.339 e. The van der Waals surface area contributed by atoms with Crippen molar-refractivity contribution in [1.29, 1.82) is 0 Å². The van der Waals surface area contributed by atoms with E-state index < -0.39 is 28.4 Å². The molecular formula is C21H21N3O5S. The Morgan fingerprint density at radius 3 is 2.33 bits per heavy atom. The molecule has 2 aliphatic heterocycles. The molecule has 0 spiro atoms. The van der Waals surface area contributed by atoms with Gasteiger partial charge in [-0.05, 0) is 43.5 Å². The monoisotopic (exact) mass is 427 g/mol. The van der Waals surface area contributed by atoms with Gasteiger partial charge in [-0.15, -0.1) is 0 Å². The molecule has 1 fully saturated rings. The molecule has 2 aliphatic rings. The fraction of sp³-hybridized carbons (Fsp3) is 0.286. The van der Waals surface area contributed by atoms with Crippen molar-refractivity contribution in [3.63, 3.8) is 0 Å². The van der Waals surface area contributed by atoms with Crippen LogP contribution in [0.25, 0.3) is 0 Å². The number of anilines is 1. The third kappa shape index (κ3) is 3.56. The fourth-order valence-electron chi connectivity index (χ4n) is 3.75. The molecule has 8 nitrogen and oxygen atoms in total. The summed E-state index contributed by atoms with van der Waals surface area (Å²) in [5.41, 5.74) is 0.678. The Balaban J connectivity index is 1.52. The second-order valence-corrected chi connectivity index (χ2v) is 9.09. The highest BCUT2D eigenvalue weighted by Crippen LogP contribution is 2.29. The standard InChI is InChI=1S/C21H21N3O5S/c25-19(14-24-21(27)16-9-3-5-11-18(16)30(24,28)29)22-17-10-4-2-8-15(17)20(26)23-12-6-1-7-13-23/h2-5,8-11H,1,6-7,12-14H2,(H,22,25). The van der Waals surface area contributed by atoms with Gasteiger partial charge in [-0.2, -0.15) is 0 Å². The molecule has 156 valence electrons. The Morgan fingerprint density at radius 2 is 1.60 bits per heavy atom. The Morgan fingerprint density at radius 1 is 0.933 bits per heavy atom. The molecule has 2 heterocycles. The van der Waals surface area contributed by atoms with Crippen molar-refractivity contribution < 1.29 is 22.8 Å². The Labute approximate surface area is 174 Å². The van der Waals surface area contributed by atoms with E-state index in [-0.39, 0.29) is 16.4 Å². The number of nitrogens with zero attached hydrogens (tertiary/aromatic N) is 2. The van der Waals surface area contributed by atoms with E-state index in [9.17, 15) is 22.8 Å². The highest BCUT2D eigenvalue weighted by atomic mass is 32.2. The van der Waals surface area contributed by atoms with Crippen LogP contribution in [0.1, 0.15) is 40.0 Å². The number of piperidine rings is 1. The van der Waals surface area contributed by atoms with Crippen molar-refractivity contribution in [2.24, 2.45) is 0 Å². The third-order valence-electron chi connectivity index (χ3n) is 5.27. The van der Waals surface area contributed by atoms with Gasteiger partial charge < -0.3 is 10.2 Å². The van der Waals surface area contributed by atoms with Crippen molar-refractivity contribution >= 4 is 33.4 Å². The minimum absolute atomic E-state index is 0.0472. The molecule has 0 saturated carbocycles. The molecule has 2 aromatic rings. The number of nitrogens with one attached hydrogen (secondary N) is 1. The fourth-order valence-corrected chi connectivity index (χ4v) is 5.28. The van der Waals surface area contributed by atoms with Crippen LogP contribution in [0.2, 0.25) is 0 Å². The molecule has 1 N–H and O–H groups in total. The van der Waals surface area contributed by atoms with E-state index in [1.807, 2.05) is 0 Å². The first-order valence-electron chi connectivity index (χ1n) is 9.74. The summed E-state index contributed by atoms with van der Waals surface area (Å²) in [6.07, 6.45) is 2.97. The lowest BCUT2D eigenvalue weighted by molar-refractivity contribution is -0.116. The molecule has 0 bridgehead atoms. The summed E-state index contributed by atoms with van der Waals surface area (Å²) in [5, 5.41) is 2.60. The summed E-state index contributed by atoms with van der Waals surface area (Å²) >= 11 is 0. The van der Waals surface area contributed by atoms with E-state index in [1.54, 1.807) is 35.2 Å². The normalized spacial score (nSPS) is 17.5. The first kappa shape index (κ1) is 20.1. The highest BCUT2D eigenvalue weighted by Gasteiger charge is 2.41. The predicted molar refractivity (Wildman–Crippen MR) is 109 cm³/mol. The molecule has 30 heavy (non-hydrogen) atoms. The third-order valence-corrected chi connectivity index (χ3v) is 7.06. The summed E-state index contributed by atoms with van der Waals surface area (Å²) in [5.74, 6) is -1.61. The van der Waals surface area contributed by atoms with Gasteiger partial charge in [-0.3, -0.25) is 14.4 Å². The maximum absolute atomic E-state index is 12.9. The quantitative estimate of drug-likeness (QED) is 0.805. The lowest BCUT2D eigenvalue weighted by Crippen LogP contribution is -2.38. The first-order chi connectivity index (χ1) is 14.4. The van der Waals surface area contributed by atoms with E-state index in [0.29, 0.717) is 28.6 Å². The molecule has 1 saturated heterocycles. The van der Waals surface area contributed by atoms with Crippen LogP contribution in [0.5, 0.6) is 0 Å². The van der Waals surface area contributed by atoms with Gasteiger partial charge >= 0.3 is 0 Å². The second-order valence-electron chi connectivity index (χ2n) is 7.26. The van der Waals surface area contributed by atoms with Gasteiger partial charge in [-0.1, -0.05) is 24.3 Å². The van der Waals surface area contributed by atoms with Crippen molar-refractivity contribution in [1.82, 2.24) is 9.21 Å². The zero-order valence-corrected chi connectivity index (χ0v) is 17.0. The number of hydrogen-bond acceptors (Lipinski definition) is 5. The second kappa shape index (κ2) is 7.91. The van der Waals surface area contributed by atoms with E-state index in [1.165, 1.54) is 18.2 Å². The number of carbonyl (C=O) groups is 3. The van der Waals surface area contributed by atoms with Gasteiger partial charge in [0.1, 0.15) is 11.4 Å². The lowest BCUT2D eigenvalue weighted by Gasteiger charge is -2.27. The molecule has 0 unspecified atom stereocenters. The van der Waals surface area contributed by atoms with Crippen molar-refractivity contribution in [3.05, 3.63) is 59.7 Å². The summed E-state index contributed by atoms with van der Waals surface area (Å²) in [6.45, 7) is 0.669. The topological polar surface area (TPSA) is 104 Å². The van der Waals surface area contributed by atoms with Crippen LogP contribution in [-0.4, -0.2) is 55.0 Å². The number of fused-ring (bicyclic) bond motifs is 1. The van der Waals surface area contributed by atoms with Crippen LogP contribution >= 0.6 is 0 Å². The van der Waals surface area contributed by atoms with Gasteiger partial charge in [0, 0.05) is 13.1 Å². The Bertz CT molecular complexity index is 1120. The number of sulfonamides is 1. The van der Waals surface area contributed by atoms with Gasteiger partial charge in [-0.25, -0.2) is 12.7 Å². The molecule has 0 radical (unpaired) electrons. The Hall–Kier alpha value is -3.20. The largest absolute Gasteiger partial charge is 0.339 e. The van der Waals surface area contributed by atoms with E-state index in [4.69, 9.17) is 0 Å². The molecule has 2 aromatic carbocycles. The summed E-state index contributed by atoms with van der Waals surface area (Å²) < 4.78 is 25.8. The van der Waals surface area contributed by atoms with Crippen LogP contribution in [0.3, 0.4) is 0 Å². The van der Waals surface area contributed by atoms with Crippen LogP contribution in [0.15, 0.2) is 53.4 Å². The van der Waals surface area contributed by atoms with Crippen molar-refractivity contribution in [2.45, 2.75) is 24.2 Å². The SMILES string of the molecule is O=C(CN1C(=O)c2ccccc2S1(=O)=O)Nc1ccccc1C(=O)N1CCCCC1. The smallest absolute Gasteiger partial charge is 0.269 e. The lowest BCUT2D eigenvalue weighted by atomic mass is 10.1. The van der Waals surface area contributed by atoms with E-state index in [0.717, 1.165) is 19.3 Å². The first-order valence-corrected chi connectivity index (χ1v) is 11.2. The van der Waals surface area contributed by atoms with E-state index in [2.05, 4.69) is 5.32 Å². The molecule has 0 aliphatic carbocycles. The number of hydrogen-bond donors (Lipinski definition) is 1. The summed E-state index contributed by atoms with van der Waals surface area (Å²) in [4.78, 5) is 39.6. The molecule has 3 amide bonds. The molecule has 4 rings (SSSR count). The molecular weight excluding hydrogens is 406 g/mol. The predicted octanol–water partition coefficient (Wildman–Crippen LogP) is 2.10. The number of benzene rings is 2. The van der Waals surface area contributed by atoms with E-state index >= 15 is 0 Å². The van der Waals surface area contributed by atoms with Crippen molar-refractivity contribution in [2.75, 3.05) is 25.0 Å². The maximum Gasteiger partial charge on any atom is 0.269 e. The van der Waals surface area contributed by atoms with Gasteiger partial charge in [0.25, 0.3) is 21.8 Å². The number of para-hydroxylation sites is 1. The van der Waals surface area contributed by atoms with Crippen LogP contribution in [-0.2, 0) is 14.8 Å². The van der Waals surface area contributed by atoms with Gasteiger partial charge in [0.2, 0.25) is 5.91 Å². The van der Waals surface area contributed by atoms with Gasteiger partial charge in [0.15, 0.2) is 0 Å². The average Bonchev–Trinajstić information content (AvgIpc) is 2.95. The number of likely N-dealkylation sites (tertiary alicyclic amines) is 1. The summed E-state index contributed by atoms with van der Waals surface area (Å²) in [6, 6.07) is 12.4. The molecule has 0 atom stereocenters. The number of amides is 3. The zero-order chi connectivity index (χ0) is 21.3. The average molecular weight is 427 g/mol. The summed E-state index contributed by atoms with van der Waals surface area (Å²) in [7, 11) is -4.08. The Kier molecular flexibility index (Phi) is 5.29. The van der Waals surface area contributed by atoms with Crippen LogP contribution < -0.4 is 5.32 Å². The van der Waals surface area contributed by atoms with Crippen molar-refractivity contribution in [3.8, 4) is 0 Å². The molecule has 0 aromatic heterocycles. The molecule has 9 heteroatoms. The number of carbonyl (C=O) groups excluding carboxylic acids is 3. The minimum atomic E-state index is -4.08. The van der Waals surface area contributed by atoms with Crippen LogP contribution in [0.4, 0.5) is 5.69 Å². The maximum atomic E-state index is 12.9.